The zero-order valence-corrected chi connectivity index (χ0v) is 17.0. The third-order valence-corrected chi connectivity index (χ3v) is 3.92. The van der Waals surface area contributed by atoms with E-state index < -0.39 is 29.7 Å². The lowest BCUT2D eigenvalue weighted by Crippen LogP contribution is -2.44. The fourth-order valence-corrected chi connectivity index (χ4v) is 2.27. The van der Waals surface area contributed by atoms with Crippen LogP contribution in [0.4, 0.5) is 4.79 Å². The van der Waals surface area contributed by atoms with Gasteiger partial charge in [0.2, 0.25) is 0 Å². The summed E-state index contributed by atoms with van der Waals surface area (Å²) in [7, 11) is 0. The summed E-state index contributed by atoms with van der Waals surface area (Å²) in [4.78, 5) is 35.0. The molecule has 1 aromatic rings. The van der Waals surface area contributed by atoms with Crippen molar-refractivity contribution in [1.82, 2.24) is 5.32 Å². The maximum Gasteiger partial charge on any atom is 0.408 e. The number of benzene rings is 1. The van der Waals surface area contributed by atoms with E-state index in [0.717, 1.165) is 28.9 Å². The van der Waals surface area contributed by atoms with Gasteiger partial charge in [0.1, 0.15) is 13.2 Å². The molecule has 0 saturated carbocycles. The molecule has 0 bridgehead atoms. The van der Waals surface area contributed by atoms with Crippen molar-refractivity contribution in [2.24, 2.45) is 0 Å². The number of amides is 1. The van der Waals surface area contributed by atoms with Crippen LogP contribution in [0.15, 0.2) is 56.2 Å². The van der Waals surface area contributed by atoms with Crippen LogP contribution in [0.2, 0.25) is 0 Å². The van der Waals surface area contributed by atoms with Gasteiger partial charge in [-0.1, -0.05) is 43.5 Å². The number of ether oxygens (including phenoxy) is 3. The van der Waals surface area contributed by atoms with Crippen molar-refractivity contribution in [2.75, 3.05) is 13.2 Å². The Morgan fingerprint density at radius 1 is 1.10 bits per heavy atom. The minimum atomic E-state index is -1.000. The molecule has 7 nitrogen and oxygen atoms in total. The van der Waals surface area contributed by atoms with Crippen LogP contribution in [-0.2, 0) is 29.3 Å². The Bertz CT molecular complexity index is 772. The van der Waals surface area contributed by atoms with E-state index >= 15 is 0 Å². The highest BCUT2D eigenvalue weighted by atomic mass is 16.6. The molecule has 0 spiro atoms. The Morgan fingerprint density at radius 2 is 1.66 bits per heavy atom. The van der Waals surface area contributed by atoms with Gasteiger partial charge in [0.25, 0.3) is 0 Å². The van der Waals surface area contributed by atoms with E-state index in [9.17, 15) is 14.4 Å². The molecule has 1 amide bonds. The molecule has 0 unspecified atom stereocenters. The number of carbonyl (C=O) groups is 3. The van der Waals surface area contributed by atoms with Crippen LogP contribution in [0.25, 0.3) is 5.57 Å². The lowest BCUT2D eigenvalue weighted by atomic mass is 9.92. The quantitative estimate of drug-likeness (QED) is 0.367. The summed E-state index contributed by atoms with van der Waals surface area (Å²) < 4.78 is 15.1. The first-order valence-corrected chi connectivity index (χ1v) is 8.92. The van der Waals surface area contributed by atoms with E-state index in [1.54, 1.807) is 0 Å². The van der Waals surface area contributed by atoms with Gasteiger partial charge in [0.15, 0.2) is 6.10 Å². The summed E-state index contributed by atoms with van der Waals surface area (Å²) in [6.07, 6.45) is 0.195. The van der Waals surface area contributed by atoms with Gasteiger partial charge in [-0.05, 0) is 38.0 Å². The van der Waals surface area contributed by atoms with E-state index in [-0.39, 0.29) is 13.2 Å². The minimum Gasteiger partial charge on any atom is -0.458 e. The minimum absolute atomic E-state index is 0.297. The zero-order valence-electron chi connectivity index (χ0n) is 17.0. The van der Waals surface area contributed by atoms with Crippen molar-refractivity contribution in [3.8, 4) is 0 Å². The molecule has 7 heteroatoms. The fraction of sp³-hybridized carbons (Fsp3) is 0.318. The number of alkyl carbamates (subject to hydrolysis) is 1. The Hall–Kier alpha value is -3.35. The smallest absolute Gasteiger partial charge is 0.408 e. The second kappa shape index (κ2) is 10.8. The Labute approximate surface area is 171 Å². The van der Waals surface area contributed by atoms with Crippen LogP contribution < -0.4 is 5.32 Å². The number of rotatable bonds is 10. The average Bonchev–Trinajstić information content (AvgIpc) is 2.68. The maximum absolute atomic E-state index is 12.4. The molecular weight excluding hydrogens is 374 g/mol. The lowest BCUT2D eigenvalue weighted by molar-refractivity contribution is -0.146. The van der Waals surface area contributed by atoms with Gasteiger partial charge < -0.3 is 19.5 Å². The first-order valence-electron chi connectivity index (χ1n) is 8.92. The van der Waals surface area contributed by atoms with Crippen LogP contribution in [0, 0.1) is 0 Å². The average molecular weight is 401 g/mol. The number of hydrogen-bond donors (Lipinski definition) is 1. The normalized spacial score (nSPS) is 10.6. The van der Waals surface area contributed by atoms with Crippen LogP contribution in [-0.4, -0.2) is 37.3 Å². The molecule has 0 aliphatic carbocycles. The molecule has 0 radical (unpaired) electrons. The predicted octanol–water partition coefficient (Wildman–Crippen LogP) is 3.51. The van der Waals surface area contributed by atoms with Gasteiger partial charge in [-0.15, -0.1) is 0 Å². The Morgan fingerprint density at radius 3 is 2.14 bits per heavy atom. The van der Waals surface area contributed by atoms with Gasteiger partial charge in [0.05, 0.1) is 5.54 Å². The lowest BCUT2D eigenvalue weighted by Gasteiger charge is -2.28. The fourth-order valence-electron chi connectivity index (χ4n) is 2.27. The van der Waals surface area contributed by atoms with Crippen molar-refractivity contribution in [2.45, 2.75) is 32.4 Å². The molecule has 1 rings (SSSR count). The summed E-state index contributed by atoms with van der Waals surface area (Å²) in [5, 5.41) is 2.76. The summed E-state index contributed by atoms with van der Waals surface area (Å²) in [5.41, 5.74) is 1.94. The number of nitrogens with one attached hydrogen (secondary N) is 1. The maximum atomic E-state index is 12.4. The molecule has 29 heavy (non-hydrogen) atoms. The third-order valence-electron chi connectivity index (χ3n) is 3.92. The highest BCUT2D eigenvalue weighted by Crippen LogP contribution is 2.23. The van der Waals surface area contributed by atoms with Crippen molar-refractivity contribution < 1.29 is 28.6 Å². The van der Waals surface area contributed by atoms with Gasteiger partial charge >= 0.3 is 18.0 Å². The number of esters is 2. The standard InChI is InChI=1S/C22H27NO6/c1-7-19(24)27-13-18(14-28-20(25)8-2)29-21(26)23-22(5,6)17-11-9-10-16(12-17)15(3)4/h7-12,18H,1-3,13-14H2,4-6H3,(H,23,26). The van der Waals surface area contributed by atoms with Crippen LogP contribution in [0.5, 0.6) is 0 Å². The third kappa shape index (κ3) is 8.04. The van der Waals surface area contributed by atoms with Crippen molar-refractivity contribution in [3.63, 3.8) is 0 Å². The zero-order chi connectivity index (χ0) is 22.0. The summed E-state index contributed by atoms with van der Waals surface area (Å²) >= 11 is 0. The molecule has 1 aromatic carbocycles. The van der Waals surface area contributed by atoms with Gasteiger partial charge in [0, 0.05) is 12.2 Å². The molecule has 0 fully saturated rings. The largest absolute Gasteiger partial charge is 0.458 e. The topological polar surface area (TPSA) is 90.9 Å². The van der Waals surface area contributed by atoms with E-state index in [0.29, 0.717) is 0 Å². The van der Waals surface area contributed by atoms with Crippen LogP contribution in [0.3, 0.4) is 0 Å². The van der Waals surface area contributed by atoms with Crippen molar-refractivity contribution in [1.29, 1.82) is 0 Å². The van der Waals surface area contributed by atoms with Crippen LogP contribution in [0.1, 0.15) is 31.9 Å². The van der Waals surface area contributed by atoms with E-state index in [4.69, 9.17) is 14.2 Å². The molecule has 0 aliphatic heterocycles. The van der Waals surface area contributed by atoms with Crippen molar-refractivity contribution in [3.05, 3.63) is 67.3 Å². The molecule has 0 atom stereocenters. The highest BCUT2D eigenvalue weighted by molar-refractivity contribution is 5.81. The predicted molar refractivity (Wildman–Crippen MR) is 110 cm³/mol. The molecule has 0 aromatic heterocycles. The number of allylic oxidation sites excluding steroid dienone is 1. The van der Waals surface area contributed by atoms with Crippen LogP contribution >= 0.6 is 0 Å². The SMILES string of the molecule is C=CC(=O)OCC(COC(=O)C=C)OC(=O)NC(C)(C)c1cccc(C(=C)C)c1. The first-order chi connectivity index (χ1) is 13.6. The molecule has 0 aliphatic rings. The molecule has 0 saturated heterocycles. The highest BCUT2D eigenvalue weighted by Gasteiger charge is 2.26. The molecule has 0 heterocycles. The molecule has 156 valence electrons. The Kier molecular flexibility index (Phi) is 8.86. The number of carbonyl (C=O) groups excluding carboxylic acids is 3. The molecule has 1 N–H and O–H groups in total. The summed E-state index contributed by atoms with van der Waals surface area (Å²) in [6, 6.07) is 7.61. The van der Waals surface area contributed by atoms with Crippen molar-refractivity contribution >= 4 is 23.6 Å². The Balaban J connectivity index is 2.83. The second-order valence-electron chi connectivity index (χ2n) is 6.81. The second-order valence-corrected chi connectivity index (χ2v) is 6.81. The number of hydrogen-bond acceptors (Lipinski definition) is 6. The van der Waals surface area contributed by atoms with Gasteiger partial charge in [-0.2, -0.15) is 0 Å². The van der Waals surface area contributed by atoms with E-state index in [2.05, 4.69) is 25.1 Å². The first kappa shape index (κ1) is 23.7. The van der Waals surface area contributed by atoms with E-state index in [1.807, 2.05) is 45.0 Å². The summed E-state index contributed by atoms with van der Waals surface area (Å²) in [6.45, 7) is 15.4. The van der Waals surface area contributed by atoms with Gasteiger partial charge in [-0.25, -0.2) is 14.4 Å². The monoisotopic (exact) mass is 401 g/mol. The van der Waals surface area contributed by atoms with Gasteiger partial charge in [-0.3, -0.25) is 0 Å². The van der Waals surface area contributed by atoms with E-state index in [1.165, 1.54) is 0 Å². The summed E-state index contributed by atoms with van der Waals surface area (Å²) in [5.74, 6) is -1.38. The molecular formula is C22H27NO6.